The third-order valence-corrected chi connectivity index (χ3v) is 1.95. The van der Waals surface area contributed by atoms with Gasteiger partial charge in [-0.15, -0.1) is 0 Å². The van der Waals surface area contributed by atoms with Crippen molar-refractivity contribution < 1.29 is 9.90 Å². The Labute approximate surface area is 77.4 Å². The van der Waals surface area contributed by atoms with Gasteiger partial charge in [0, 0.05) is 11.7 Å². The molecule has 1 heterocycles. The van der Waals surface area contributed by atoms with Crippen molar-refractivity contribution in [1.29, 1.82) is 0 Å². The number of hydrogen-bond donors (Lipinski definition) is 2. The molecule has 70 valence electrons. The van der Waals surface area contributed by atoms with E-state index in [1.807, 2.05) is 0 Å². The summed E-state index contributed by atoms with van der Waals surface area (Å²) in [6, 6.07) is 9.12. The van der Waals surface area contributed by atoms with Crippen LogP contribution in [0.2, 0.25) is 0 Å². The summed E-state index contributed by atoms with van der Waals surface area (Å²) in [7, 11) is 0. The van der Waals surface area contributed by atoms with Crippen molar-refractivity contribution in [2.24, 2.45) is 0 Å². The number of fused-ring (bicyclic) bond motifs is 1. The number of rotatable bonds is 0. The summed E-state index contributed by atoms with van der Waals surface area (Å²) in [5.41, 5.74) is 2.77. The summed E-state index contributed by atoms with van der Waals surface area (Å²) >= 11 is 0. The van der Waals surface area contributed by atoms with Crippen LogP contribution in [-0.4, -0.2) is 17.6 Å². The van der Waals surface area contributed by atoms with Gasteiger partial charge in [0.2, 0.25) is 0 Å². The van der Waals surface area contributed by atoms with Crippen LogP contribution in [0.25, 0.3) is 0 Å². The van der Waals surface area contributed by atoms with E-state index in [1.165, 1.54) is 17.7 Å². The fourth-order valence-corrected chi connectivity index (χ4v) is 1.49. The minimum atomic E-state index is -0.250. The third-order valence-electron chi connectivity index (χ3n) is 1.95. The normalized spacial score (nSPS) is 17.8. The number of nitrogens with one attached hydrogen (secondary N) is 1. The first kappa shape index (κ1) is 9.58. The molecule has 0 saturated heterocycles. The molecule has 0 aliphatic carbocycles. The second kappa shape index (κ2) is 4.50. The van der Waals surface area contributed by atoms with Gasteiger partial charge in [0.1, 0.15) is 0 Å². The Kier molecular flexibility index (Phi) is 3.31. The van der Waals surface area contributed by atoms with Crippen LogP contribution < -0.4 is 5.32 Å². The zero-order chi connectivity index (χ0) is 9.68. The van der Waals surface area contributed by atoms with Crippen molar-refractivity contribution in [2.75, 3.05) is 5.32 Å². The summed E-state index contributed by atoms with van der Waals surface area (Å²) in [6.07, 6.45) is 1.18. The number of benzene rings is 1. The van der Waals surface area contributed by atoms with Gasteiger partial charge in [-0.25, -0.2) is 0 Å². The van der Waals surface area contributed by atoms with E-state index < -0.39 is 0 Å². The standard InChI is InChI=1S/C9H11N.CH2O2/c1-7-6-8-4-2-3-5-9(8)10-7;2-1-3/h2-5,7,10H,6H2,1H3;1H,(H,2,3). The highest BCUT2D eigenvalue weighted by molar-refractivity contribution is 5.56. The number of para-hydroxylation sites is 1. The molecular formula is C10H13NO2. The molecular weight excluding hydrogens is 166 g/mol. The van der Waals surface area contributed by atoms with Crippen LogP contribution in [0.5, 0.6) is 0 Å². The predicted octanol–water partition coefficient (Wildman–Crippen LogP) is 1.74. The van der Waals surface area contributed by atoms with E-state index in [0.717, 1.165) is 0 Å². The van der Waals surface area contributed by atoms with E-state index in [1.54, 1.807) is 0 Å². The van der Waals surface area contributed by atoms with Gasteiger partial charge in [-0.2, -0.15) is 0 Å². The number of anilines is 1. The molecule has 2 N–H and O–H groups in total. The molecule has 3 nitrogen and oxygen atoms in total. The van der Waals surface area contributed by atoms with Crippen LogP contribution in [0.4, 0.5) is 5.69 Å². The second-order valence-corrected chi connectivity index (χ2v) is 3.01. The van der Waals surface area contributed by atoms with Crippen LogP contribution in [-0.2, 0) is 11.2 Å². The maximum atomic E-state index is 8.36. The van der Waals surface area contributed by atoms with Crippen LogP contribution in [0.15, 0.2) is 24.3 Å². The molecule has 0 radical (unpaired) electrons. The predicted molar refractivity (Wildman–Crippen MR) is 51.9 cm³/mol. The minimum absolute atomic E-state index is 0.250. The van der Waals surface area contributed by atoms with Gasteiger partial charge in [-0.05, 0) is 25.0 Å². The molecule has 2 rings (SSSR count). The Morgan fingerprint density at radius 1 is 1.54 bits per heavy atom. The van der Waals surface area contributed by atoms with Crippen molar-refractivity contribution in [3.05, 3.63) is 29.8 Å². The number of carbonyl (C=O) groups is 1. The first-order valence-electron chi connectivity index (χ1n) is 4.20. The SMILES string of the molecule is CC1Cc2ccccc2N1.O=CO. The summed E-state index contributed by atoms with van der Waals surface area (Å²) in [6.45, 7) is 1.96. The maximum Gasteiger partial charge on any atom is 0.290 e. The largest absolute Gasteiger partial charge is 0.483 e. The lowest BCUT2D eigenvalue weighted by atomic mass is 10.1. The molecule has 0 bridgehead atoms. The van der Waals surface area contributed by atoms with Gasteiger partial charge in [0.25, 0.3) is 6.47 Å². The van der Waals surface area contributed by atoms with Crippen molar-refractivity contribution in [3.8, 4) is 0 Å². The first-order valence-corrected chi connectivity index (χ1v) is 4.20. The molecule has 13 heavy (non-hydrogen) atoms. The van der Waals surface area contributed by atoms with Crippen LogP contribution >= 0.6 is 0 Å². The third kappa shape index (κ3) is 2.47. The fourth-order valence-electron chi connectivity index (χ4n) is 1.49. The van der Waals surface area contributed by atoms with Crippen LogP contribution in [0, 0.1) is 0 Å². The van der Waals surface area contributed by atoms with Crippen molar-refractivity contribution in [2.45, 2.75) is 19.4 Å². The topological polar surface area (TPSA) is 49.3 Å². The zero-order valence-corrected chi connectivity index (χ0v) is 7.53. The van der Waals surface area contributed by atoms with Crippen molar-refractivity contribution in [1.82, 2.24) is 0 Å². The molecule has 0 spiro atoms. The Morgan fingerprint density at radius 2 is 2.15 bits per heavy atom. The van der Waals surface area contributed by atoms with Gasteiger partial charge in [-0.1, -0.05) is 18.2 Å². The van der Waals surface area contributed by atoms with E-state index >= 15 is 0 Å². The van der Waals surface area contributed by atoms with Gasteiger partial charge in [0.15, 0.2) is 0 Å². The molecule has 1 aliphatic heterocycles. The second-order valence-electron chi connectivity index (χ2n) is 3.01. The van der Waals surface area contributed by atoms with E-state index in [9.17, 15) is 0 Å². The molecule has 1 aliphatic rings. The maximum absolute atomic E-state index is 8.36. The van der Waals surface area contributed by atoms with E-state index in [0.29, 0.717) is 6.04 Å². The summed E-state index contributed by atoms with van der Waals surface area (Å²) in [5, 5.41) is 10.3. The van der Waals surface area contributed by atoms with Crippen molar-refractivity contribution >= 4 is 12.2 Å². The first-order chi connectivity index (χ1) is 6.27. The minimum Gasteiger partial charge on any atom is -0.483 e. The van der Waals surface area contributed by atoms with Crippen molar-refractivity contribution in [3.63, 3.8) is 0 Å². The molecule has 1 aromatic rings. The van der Waals surface area contributed by atoms with Gasteiger partial charge in [0.05, 0.1) is 0 Å². The summed E-state index contributed by atoms with van der Waals surface area (Å²) in [4.78, 5) is 8.36. The Morgan fingerprint density at radius 3 is 2.77 bits per heavy atom. The molecule has 0 fully saturated rings. The van der Waals surface area contributed by atoms with Crippen LogP contribution in [0.1, 0.15) is 12.5 Å². The lowest BCUT2D eigenvalue weighted by molar-refractivity contribution is -0.122. The lowest BCUT2D eigenvalue weighted by Crippen LogP contribution is -2.08. The molecule has 0 amide bonds. The highest BCUT2D eigenvalue weighted by Gasteiger charge is 2.14. The Balaban J connectivity index is 0.000000251. The van der Waals surface area contributed by atoms with Gasteiger partial charge in [-0.3, -0.25) is 4.79 Å². The fraction of sp³-hybridized carbons (Fsp3) is 0.300. The van der Waals surface area contributed by atoms with Crippen LogP contribution in [0.3, 0.4) is 0 Å². The Hall–Kier alpha value is -1.51. The summed E-state index contributed by atoms with van der Waals surface area (Å²) in [5.74, 6) is 0. The van der Waals surface area contributed by atoms with E-state index in [-0.39, 0.29) is 6.47 Å². The molecule has 1 atom stereocenters. The van der Waals surface area contributed by atoms with Gasteiger partial charge >= 0.3 is 0 Å². The zero-order valence-electron chi connectivity index (χ0n) is 7.53. The quantitative estimate of drug-likeness (QED) is 0.596. The lowest BCUT2D eigenvalue weighted by Gasteiger charge is -2.00. The average molecular weight is 179 g/mol. The van der Waals surface area contributed by atoms with E-state index in [4.69, 9.17) is 9.90 Å². The number of hydrogen-bond acceptors (Lipinski definition) is 2. The van der Waals surface area contributed by atoms with E-state index in [2.05, 4.69) is 36.5 Å². The summed E-state index contributed by atoms with van der Waals surface area (Å²) < 4.78 is 0. The smallest absolute Gasteiger partial charge is 0.290 e. The highest BCUT2D eigenvalue weighted by Crippen LogP contribution is 2.24. The molecule has 0 aromatic heterocycles. The molecule has 0 saturated carbocycles. The Bertz CT molecular complexity index is 261. The highest BCUT2D eigenvalue weighted by atomic mass is 16.3. The molecule has 3 heteroatoms. The number of carboxylic acid groups (broad SMARTS) is 1. The van der Waals surface area contributed by atoms with Gasteiger partial charge < -0.3 is 10.4 Å². The monoisotopic (exact) mass is 179 g/mol. The molecule has 1 unspecified atom stereocenters. The average Bonchev–Trinajstić information content (AvgIpc) is 2.45. The molecule has 1 aromatic carbocycles.